The van der Waals surface area contributed by atoms with Crippen molar-refractivity contribution in [3.8, 4) is 0 Å². The smallest absolute Gasteiger partial charge is 0.0177 e. The van der Waals surface area contributed by atoms with Crippen LogP contribution in [-0.4, -0.2) is 5.54 Å². The van der Waals surface area contributed by atoms with Crippen molar-refractivity contribution in [3.05, 3.63) is 0 Å². The molecule has 1 unspecified atom stereocenters. The Hall–Kier alpha value is 0.250. The van der Waals surface area contributed by atoms with Crippen LogP contribution in [0.25, 0.3) is 0 Å². The quantitative estimate of drug-likeness (QED) is 0.560. The zero-order chi connectivity index (χ0) is 6.41. The van der Waals surface area contributed by atoms with E-state index in [1.807, 2.05) is 0 Å². The van der Waals surface area contributed by atoms with Gasteiger partial charge in [-0.15, -0.1) is 12.4 Å². The van der Waals surface area contributed by atoms with Gasteiger partial charge in [0.15, 0.2) is 0 Å². The lowest BCUT2D eigenvalue weighted by molar-refractivity contribution is 0.0512. The summed E-state index contributed by atoms with van der Waals surface area (Å²) in [4.78, 5) is 0. The van der Waals surface area contributed by atoms with E-state index in [9.17, 15) is 0 Å². The van der Waals surface area contributed by atoms with Crippen LogP contribution in [0.4, 0.5) is 0 Å². The van der Waals surface area contributed by atoms with E-state index in [4.69, 9.17) is 5.73 Å². The molecular formula is C7H16ClN. The van der Waals surface area contributed by atoms with Crippen molar-refractivity contribution in [2.75, 3.05) is 0 Å². The van der Waals surface area contributed by atoms with Gasteiger partial charge >= 0.3 is 0 Å². The molecule has 1 saturated carbocycles. The highest BCUT2D eigenvalue weighted by atomic mass is 35.5. The minimum Gasteiger partial charge on any atom is -0.325 e. The molecule has 9 heavy (non-hydrogen) atoms. The third-order valence-electron chi connectivity index (χ3n) is 2.82. The Morgan fingerprint density at radius 3 is 1.44 bits per heavy atom. The lowest BCUT2D eigenvalue weighted by atomic mass is 9.58. The van der Waals surface area contributed by atoms with E-state index in [0.717, 1.165) is 0 Å². The summed E-state index contributed by atoms with van der Waals surface area (Å²) in [5, 5.41) is 0. The Balaban J connectivity index is 0.000000640. The molecule has 0 amide bonds. The normalized spacial score (nSPS) is 38.7. The molecule has 1 rings (SSSR count). The van der Waals surface area contributed by atoms with Gasteiger partial charge in [-0.25, -0.2) is 0 Å². The summed E-state index contributed by atoms with van der Waals surface area (Å²) in [6.07, 6.45) is 2.49. The van der Waals surface area contributed by atoms with Crippen LogP contribution in [0.3, 0.4) is 0 Å². The van der Waals surface area contributed by atoms with E-state index in [1.54, 1.807) is 0 Å². The number of halogens is 1. The lowest BCUT2D eigenvalue weighted by Crippen LogP contribution is -2.58. The Bertz CT molecular complexity index is 93.5. The topological polar surface area (TPSA) is 26.0 Å². The Morgan fingerprint density at radius 1 is 1.11 bits per heavy atom. The second-order valence-corrected chi connectivity index (χ2v) is 3.80. The first kappa shape index (κ1) is 9.25. The summed E-state index contributed by atoms with van der Waals surface area (Å²) in [6, 6.07) is 0. The summed E-state index contributed by atoms with van der Waals surface area (Å²) >= 11 is 0. The fraction of sp³-hybridized carbons (Fsp3) is 1.00. The molecule has 1 fully saturated rings. The van der Waals surface area contributed by atoms with Crippen molar-refractivity contribution in [3.63, 3.8) is 0 Å². The van der Waals surface area contributed by atoms with Crippen molar-refractivity contribution in [1.29, 1.82) is 0 Å². The Labute approximate surface area is 63.4 Å². The SMILES string of the molecule is CC1(C)CCC1(C)N.Cl. The van der Waals surface area contributed by atoms with Gasteiger partial charge in [0, 0.05) is 5.54 Å². The van der Waals surface area contributed by atoms with Crippen LogP contribution in [-0.2, 0) is 0 Å². The van der Waals surface area contributed by atoms with Gasteiger partial charge in [0.2, 0.25) is 0 Å². The number of rotatable bonds is 0. The standard InChI is InChI=1S/C7H15N.ClH/c1-6(2)4-5-7(6,3)8;/h4-5,8H2,1-3H3;1H. The average molecular weight is 150 g/mol. The maximum absolute atomic E-state index is 5.90. The van der Waals surface area contributed by atoms with Crippen LogP contribution in [0, 0.1) is 5.41 Å². The first-order chi connectivity index (χ1) is 3.46. The maximum Gasteiger partial charge on any atom is 0.0177 e. The molecule has 0 bridgehead atoms. The first-order valence-electron chi connectivity index (χ1n) is 3.25. The Morgan fingerprint density at radius 2 is 1.44 bits per heavy atom. The molecule has 0 spiro atoms. The maximum atomic E-state index is 5.90. The molecule has 1 aliphatic rings. The third kappa shape index (κ3) is 1.22. The molecule has 0 saturated heterocycles. The molecule has 0 aromatic carbocycles. The van der Waals surface area contributed by atoms with Gasteiger partial charge in [0.25, 0.3) is 0 Å². The number of nitrogens with two attached hydrogens (primary N) is 1. The number of hydrogen-bond acceptors (Lipinski definition) is 1. The summed E-state index contributed by atoms with van der Waals surface area (Å²) in [5.41, 5.74) is 6.41. The number of hydrogen-bond donors (Lipinski definition) is 1. The van der Waals surface area contributed by atoms with E-state index >= 15 is 0 Å². The largest absolute Gasteiger partial charge is 0.325 e. The van der Waals surface area contributed by atoms with E-state index in [-0.39, 0.29) is 17.9 Å². The zero-order valence-corrected chi connectivity index (χ0v) is 7.22. The van der Waals surface area contributed by atoms with E-state index in [1.165, 1.54) is 12.8 Å². The van der Waals surface area contributed by atoms with Gasteiger partial charge < -0.3 is 5.73 Å². The average Bonchev–Trinajstić information content (AvgIpc) is 1.64. The highest BCUT2D eigenvalue weighted by Crippen LogP contribution is 2.46. The highest BCUT2D eigenvalue weighted by Gasteiger charge is 2.45. The van der Waals surface area contributed by atoms with Gasteiger partial charge in [0.05, 0.1) is 0 Å². The molecule has 0 aromatic heterocycles. The minimum absolute atomic E-state index is 0. The Kier molecular flexibility index (Phi) is 2.19. The van der Waals surface area contributed by atoms with Crippen molar-refractivity contribution in [2.45, 2.75) is 39.2 Å². The predicted octanol–water partition coefficient (Wildman–Crippen LogP) is 1.95. The zero-order valence-electron chi connectivity index (χ0n) is 6.40. The van der Waals surface area contributed by atoms with Crippen LogP contribution in [0.5, 0.6) is 0 Å². The molecule has 0 aromatic rings. The van der Waals surface area contributed by atoms with Crippen molar-refractivity contribution in [2.24, 2.45) is 11.1 Å². The fourth-order valence-corrected chi connectivity index (χ4v) is 1.02. The van der Waals surface area contributed by atoms with Crippen LogP contribution in [0.2, 0.25) is 0 Å². The van der Waals surface area contributed by atoms with Crippen LogP contribution >= 0.6 is 12.4 Å². The second kappa shape index (κ2) is 2.14. The van der Waals surface area contributed by atoms with E-state index in [2.05, 4.69) is 20.8 Å². The summed E-state index contributed by atoms with van der Waals surface area (Å²) in [6.45, 7) is 6.60. The van der Waals surface area contributed by atoms with Crippen LogP contribution < -0.4 is 5.73 Å². The molecule has 1 atom stereocenters. The van der Waals surface area contributed by atoms with Gasteiger partial charge in [-0.05, 0) is 25.2 Å². The summed E-state index contributed by atoms with van der Waals surface area (Å²) < 4.78 is 0. The monoisotopic (exact) mass is 149 g/mol. The van der Waals surface area contributed by atoms with E-state index < -0.39 is 0 Å². The van der Waals surface area contributed by atoms with E-state index in [0.29, 0.717) is 5.41 Å². The van der Waals surface area contributed by atoms with Gasteiger partial charge in [0.1, 0.15) is 0 Å². The van der Waals surface area contributed by atoms with Crippen molar-refractivity contribution >= 4 is 12.4 Å². The summed E-state index contributed by atoms with van der Waals surface area (Å²) in [5.74, 6) is 0. The molecule has 1 nitrogen and oxygen atoms in total. The predicted molar refractivity (Wildman–Crippen MR) is 42.9 cm³/mol. The second-order valence-electron chi connectivity index (χ2n) is 3.80. The van der Waals surface area contributed by atoms with Gasteiger partial charge in [-0.1, -0.05) is 13.8 Å². The molecule has 0 radical (unpaired) electrons. The van der Waals surface area contributed by atoms with Crippen molar-refractivity contribution in [1.82, 2.24) is 0 Å². The van der Waals surface area contributed by atoms with Gasteiger partial charge in [-0.2, -0.15) is 0 Å². The minimum atomic E-state index is 0. The summed E-state index contributed by atoms with van der Waals surface area (Å²) in [7, 11) is 0. The molecular weight excluding hydrogens is 134 g/mol. The molecule has 0 heterocycles. The molecule has 2 heteroatoms. The van der Waals surface area contributed by atoms with Gasteiger partial charge in [-0.3, -0.25) is 0 Å². The lowest BCUT2D eigenvalue weighted by Gasteiger charge is -2.51. The molecule has 56 valence electrons. The van der Waals surface area contributed by atoms with Crippen molar-refractivity contribution < 1.29 is 0 Å². The fourth-order valence-electron chi connectivity index (χ4n) is 1.02. The molecule has 1 aliphatic carbocycles. The highest BCUT2D eigenvalue weighted by molar-refractivity contribution is 5.85. The van der Waals surface area contributed by atoms with Crippen LogP contribution in [0.15, 0.2) is 0 Å². The third-order valence-corrected chi connectivity index (χ3v) is 2.82. The van der Waals surface area contributed by atoms with Crippen LogP contribution in [0.1, 0.15) is 33.6 Å². The molecule has 0 aliphatic heterocycles. The first-order valence-corrected chi connectivity index (χ1v) is 3.25. The molecule has 2 N–H and O–H groups in total.